The average Bonchev–Trinajstić information content (AvgIpc) is 3.08. The van der Waals surface area contributed by atoms with Crippen LogP contribution in [0.15, 0.2) is 52.9 Å². The van der Waals surface area contributed by atoms with E-state index in [0.717, 1.165) is 5.39 Å². The summed E-state index contributed by atoms with van der Waals surface area (Å²) < 4.78 is 15.9. The smallest absolute Gasteiger partial charge is 0.338 e. The molecule has 0 bridgehead atoms. The molecular weight excluding hydrogens is 358 g/mol. The minimum atomic E-state index is -0.499. The van der Waals surface area contributed by atoms with Crippen molar-refractivity contribution in [3.63, 3.8) is 0 Å². The highest BCUT2D eigenvalue weighted by atomic mass is 16.5. The fourth-order valence-electron chi connectivity index (χ4n) is 2.68. The molecule has 0 amide bonds. The van der Waals surface area contributed by atoms with Crippen molar-refractivity contribution in [2.45, 2.75) is 13.8 Å². The average molecular weight is 375 g/mol. The Labute approximate surface area is 161 Å². The van der Waals surface area contributed by atoms with Crippen molar-refractivity contribution in [3.8, 4) is 11.8 Å². The topological polar surface area (TPSA) is 89.5 Å². The van der Waals surface area contributed by atoms with E-state index in [1.54, 1.807) is 61.5 Å². The second-order valence-electron chi connectivity index (χ2n) is 5.91. The van der Waals surface area contributed by atoms with Gasteiger partial charge in [0.1, 0.15) is 17.1 Å². The summed E-state index contributed by atoms with van der Waals surface area (Å²) in [6, 6.07) is 15.5. The molecule has 0 aliphatic carbocycles. The van der Waals surface area contributed by atoms with Crippen LogP contribution in [-0.2, 0) is 14.3 Å². The third kappa shape index (κ3) is 4.27. The molecule has 0 N–H and O–H groups in total. The van der Waals surface area contributed by atoms with Crippen LogP contribution >= 0.6 is 0 Å². The van der Waals surface area contributed by atoms with Crippen molar-refractivity contribution < 1.29 is 23.5 Å². The summed E-state index contributed by atoms with van der Waals surface area (Å²) in [6.45, 7) is 3.27. The molecule has 0 atom stereocenters. The number of nitrogens with zero attached hydrogens (tertiary/aromatic N) is 1. The summed E-state index contributed by atoms with van der Waals surface area (Å²) >= 11 is 0. The fraction of sp³-hybridized carbons (Fsp3) is 0.136. The number of hydrogen-bond acceptors (Lipinski definition) is 6. The zero-order valence-corrected chi connectivity index (χ0v) is 15.4. The molecule has 3 aromatic rings. The molecule has 140 valence electrons. The summed E-state index contributed by atoms with van der Waals surface area (Å²) in [5.41, 5.74) is 2.03. The lowest BCUT2D eigenvalue weighted by Crippen LogP contribution is -2.07. The molecule has 0 aliphatic heterocycles. The zero-order valence-electron chi connectivity index (χ0n) is 15.4. The van der Waals surface area contributed by atoms with Crippen LogP contribution in [0.5, 0.6) is 5.75 Å². The van der Waals surface area contributed by atoms with E-state index in [0.29, 0.717) is 33.8 Å². The highest BCUT2D eigenvalue weighted by Gasteiger charge is 2.15. The van der Waals surface area contributed by atoms with E-state index in [2.05, 4.69) is 6.07 Å². The minimum absolute atomic E-state index is 0.230. The van der Waals surface area contributed by atoms with Gasteiger partial charge in [0.05, 0.1) is 23.8 Å². The van der Waals surface area contributed by atoms with Crippen molar-refractivity contribution in [2.24, 2.45) is 0 Å². The van der Waals surface area contributed by atoms with E-state index >= 15 is 0 Å². The molecular formula is C22H17NO5. The fourth-order valence-corrected chi connectivity index (χ4v) is 2.68. The highest BCUT2D eigenvalue weighted by Crippen LogP contribution is 2.27. The van der Waals surface area contributed by atoms with Crippen LogP contribution in [0, 0.1) is 11.3 Å². The van der Waals surface area contributed by atoms with E-state index < -0.39 is 11.9 Å². The van der Waals surface area contributed by atoms with Crippen molar-refractivity contribution in [1.29, 1.82) is 5.26 Å². The van der Waals surface area contributed by atoms with E-state index in [4.69, 9.17) is 19.2 Å². The first kappa shape index (κ1) is 18.9. The maximum atomic E-state index is 12.5. The summed E-state index contributed by atoms with van der Waals surface area (Å²) in [7, 11) is 0. The maximum Gasteiger partial charge on any atom is 0.338 e. The summed E-state index contributed by atoms with van der Waals surface area (Å²) in [6.07, 6.45) is 1.59. The Morgan fingerprint density at radius 2 is 1.89 bits per heavy atom. The third-order valence-electron chi connectivity index (χ3n) is 3.87. The first-order valence-electron chi connectivity index (χ1n) is 8.61. The van der Waals surface area contributed by atoms with Gasteiger partial charge >= 0.3 is 11.9 Å². The largest absolute Gasteiger partial charge is 0.462 e. The number of esters is 2. The van der Waals surface area contributed by atoms with Gasteiger partial charge in [0.15, 0.2) is 0 Å². The molecule has 0 fully saturated rings. The molecule has 6 nitrogen and oxygen atoms in total. The SMILES string of the molecule is CCOC(=O)/C(=C\c1cc2cc(C#N)ccc2o1)c1ccc(OC(C)=O)cc1. The van der Waals surface area contributed by atoms with E-state index in [1.165, 1.54) is 6.92 Å². The van der Waals surface area contributed by atoms with Crippen molar-refractivity contribution in [3.05, 3.63) is 65.4 Å². The van der Waals surface area contributed by atoms with Gasteiger partial charge in [-0.3, -0.25) is 4.79 Å². The van der Waals surface area contributed by atoms with Crippen molar-refractivity contribution in [1.82, 2.24) is 0 Å². The monoisotopic (exact) mass is 375 g/mol. The standard InChI is InChI=1S/C22H17NO5/c1-3-26-22(25)20(16-5-7-18(8-6-16)27-14(2)24)12-19-11-17-10-15(13-23)4-9-21(17)28-19/h4-12H,3H2,1-2H3/b20-12-. The molecule has 3 rings (SSSR count). The van der Waals surface area contributed by atoms with Crippen LogP contribution in [0.25, 0.3) is 22.6 Å². The van der Waals surface area contributed by atoms with Gasteiger partial charge in [-0.2, -0.15) is 5.26 Å². The second kappa shape index (κ2) is 8.23. The van der Waals surface area contributed by atoms with Crippen LogP contribution in [0.3, 0.4) is 0 Å². The van der Waals surface area contributed by atoms with Gasteiger partial charge in [0.25, 0.3) is 0 Å². The summed E-state index contributed by atoms with van der Waals surface area (Å²) in [5.74, 6) is -0.0849. The second-order valence-corrected chi connectivity index (χ2v) is 5.91. The predicted octanol–water partition coefficient (Wildman–Crippen LogP) is 4.33. The lowest BCUT2D eigenvalue weighted by Gasteiger charge is -2.08. The molecule has 0 radical (unpaired) electrons. The van der Waals surface area contributed by atoms with Crippen LogP contribution in [0.4, 0.5) is 0 Å². The number of carbonyl (C=O) groups is 2. The van der Waals surface area contributed by atoms with Gasteiger partial charge in [-0.05, 0) is 55.0 Å². The Bertz CT molecular complexity index is 1100. The molecule has 0 aliphatic rings. The molecule has 0 saturated heterocycles. The minimum Gasteiger partial charge on any atom is -0.462 e. The van der Waals surface area contributed by atoms with Gasteiger partial charge in [0.2, 0.25) is 0 Å². The molecule has 0 unspecified atom stereocenters. The number of rotatable bonds is 5. The van der Waals surface area contributed by atoms with Gasteiger partial charge < -0.3 is 13.9 Å². The number of carbonyl (C=O) groups excluding carboxylic acids is 2. The van der Waals surface area contributed by atoms with Crippen molar-refractivity contribution in [2.75, 3.05) is 6.61 Å². The Balaban J connectivity index is 2.01. The quantitative estimate of drug-likeness (QED) is 0.374. The van der Waals surface area contributed by atoms with E-state index in [1.807, 2.05) is 0 Å². The Hall–Kier alpha value is -3.85. The van der Waals surface area contributed by atoms with Crippen molar-refractivity contribution >= 4 is 34.6 Å². The molecule has 2 aromatic carbocycles. The summed E-state index contributed by atoms with van der Waals surface area (Å²) in [5, 5.41) is 9.78. The van der Waals surface area contributed by atoms with E-state index in [9.17, 15) is 9.59 Å². The van der Waals surface area contributed by atoms with Gasteiger partial charge in [-0.25, -0.2) is 4.79 Å². The number of hydrogen-bond donors (Lipinski definition) is 0. The van der Waals surface area contributed by atoms with Crippen LogP contribution in [0.2, 0.25) is 0 Å². The molecule has 28 heavy (non-hydrogen) atoms. The first-order valence-corrected chi connectivity index (χ1v) is 8.61. The first-order chi connectivity index (χ1) is 13.5. The Morgan fingerprint density at radius 3 is 2.54 bits per heavy atom. The molecule has 0 spiro atoms. The number of nitriles is 1. The van der Waals surface area contributed by atoms with Gasteiger partial charge in [-0.1, -0.05) is 12.1 Å². The third-order valence-corrected chi connectivity index (χ3v) is 3.87. The highest BCUT2D eigenvalue weighted by molar-refractivity contribution is 6.21. The maximum absolute atomic E-state index is 12.5. The number of fused-ring (bicyclic) bond motifs is 1. The van der Waals surface area contributed by atoms with Gasteiger partial charge in [-0.15, -0.1) is 0 Å². The normalized spacial score (nSPS) is 11.1. The van der Waals surface area contributed by atoms with Crippen LogP contribution < -0.4 is 4.74 Å². The van der Waals surface area contributed by atoms with Crippen LogP contribution in [-0.4, -0.2) is 18.5 Å². The predicted molar refractivity (Wildman–Crippen MR) is 103 cm³/mol. The Morgan fingerprint density at radius 1 is 1.14 bits per heavy atom. The van der Waals surface area contributed by atoms with Crippen LogP contribution in [0.1, 0.15) is 30.7 Å². The lowest BCUT2D eigenvalue weighted by molar-refractivity contribution is -0.136. The molecule has 1 heterocycles. The lowest BCUT2D eigenvalue weighted by atomic mass is 10.0. The Kier molecular flexibility index (Phi) is 5.56. The number of furan rings is 1. The van der Waals surface area contributed by atoms with E-state index in [-0.39, 0.29) is 6.61 Å². The molecule has 0 saturated carbocycles. The number of benzene rings is 2. The number of ether oxygens (including phenoxy) is 2. The molecule has 1 aromatic heterocycles. The molecule has 6 heteroatoms. The zero-order chi connectivity index (χ0) is 20.1. The van der Waals surface area contributed by atoms with Gasteiger partial charge in [0, 0.05) is 12.3 Å². The summed E-state index contributed by atoms with van der Waals surface area (Å²) in [4.78, 5) is 23.5.